The lowest BCUT2D eigenvalue weighted by atomic mass is 10.1. The van der Waals surface area contributed by atoms with Gasteiger partial charge in [0.15, 0.2) is 5.69 Å². The van der Waals surface area contributed by atoms with E-state index in [4.69, 9.17) is 4.74 Å². The van der Waals surface area contributed by atoms with Gasteiger partial charge < -0.3 is 15.4 Å². The van der Waals surface area contributed by atoms with E-state index in [1.165, 1.54) is 24.3 Å². The highest BCUT2D eigenvalue weighted by atomic mass is 32.2. The van der Waals surface area contributed by atoms with Crippen molar-refractivity contribution in [1.82, 2.24) is 19.8 Å². The maximum atomic E-state index is 13.8. The fourth-order valence-electron chi connectivity index (χ4n) is 4.54. The van der Waals surface area contributed by atoms with Gasteiger partial charge in [0.05, 0.1) is 10.6 Å². The topological polar surface area (TPSA) is 131 Å². The van der Waals surface area contributed by atoms with Crippen molar-refractivity contribution in [1.29, 1.82) is 0 Å². The van der Waals surface area contributed by atoms with Crippen molar-refractivity contribution in [2.24, 2.45) is 0 Å². The van der Waals surface area contributed by atoms with Crippen LogP contribution in [0.5, 0.6) is 0 Å². The second kappa shape index (κ2) is 13.2. The molecule has 1 aromatic heterocycles. The van der Waals surface area contributed by atoms with E-state index >= 15 is 0 Å². The van der Waals surface area contributed by atoms with Crippen LogP contribution in [0.3, 0.4) is 0 Å². The summed E-state index contributed by atoms with van der Waals surface area (Å²) >= 11 is 0. The summed E-state index contributed by atoms with van der Waals surface area (Å²) in [5, 5.41) is 8.86. The van der Waals surface area contributed by atoms with Gasteiger partial charge in [0.2, 0.25) is 10.0 Å². The first-order valence-corrected chi connectivity index (χ1v) is 16.0. The molecule has 3 N–H and O–H groups in total. The molecule has 14 heteroatoms. The van der Waals surface area contributed by atoms with Crippen molar-refractivity contribution in [3.8, 4) is 16.8 Å². The molecular formula is C33H36F3N5O5S. The summed E-state index contributed by atoms with van der Waals surface area (Å²) in [6.07, 6.45) is -5.57. The van der Waals surface area contributed by atoms with Crippen molar-refractivity contribution < 1.29 is 35.9 Å². The standard InChI is InChI=1S/C33H36F3N5O5S/c1-31(2,3)40-47(44,45)27-14-10-8-12-24(27)21-15-17-23(18-16-21)38-29(42)26-19-28(33(34,35)36)39-41(26)25-13-9-7-11-22(25)20-37-30(43)46-32(4,5)6/h7-19,40H,20H2,1-6H3,(H,37,43)(H,38,42). The predicted molar refractivity (Wildman–Crippen MR) is 172 cm³/mol. The van der Waals surface area contributed by atoms with Crippen LogP contribution in [-0.4, -0.2) is 41.3 Å². The van der Waals surface area contributed by atoms with Gasteiger partial charge in [-0.05, 0) is 76.9 Å². The minimum absolute atomic E-state index is 0.0649. The summed E-state index contributed by atoms with van der Waals surface area (Å²) in [5.74, 6) is -0.881. The van der Waals surface area contributed by atoms with Gasteiger partial charge in [-0.25, -0.2) is 22.6 Å². The smallest absolute Gasteiger partial charge is 0.435 e. The zero-order valence-corrected chi connectivity index (χ0v) is 27.5. The number of alkyl halides is 3. The minimum Gasteiger partial charge on any atom is -0.444 e. The Kier molecular flexibility index (Phi) is 9.88. The summed E-state index contributed by atoms with van der Waals surface area (Å²) in [6.45, 7) is 10.1. The molecule has 4 rings (SSSR count). The van der Waals surface area contributed by atoms with E-state index in [1.54, 1.807) is 90.1 Å². The second-order valence-corrected chi connectivity index (χ2v) is 14.3. The number of nitrogens with zero attached hydrogens (tertiary/aromatic N) is 2. The number of alkyl carbamates (subject to hydrolysis) is 1. The van der Waals surface area contributed by atoms with Crippen LogP contribution in [0.2, 0.25) is 0 Å². The molecule has 0 unspecified atom stereocenters. The fourth-order valence-corrected chi connectivity index (χ4v) is 6.19. The normalized spacial score (nSPS) is 12.4. The second-order valence-electron chi connectivity index (χ2n) is 12.7. The molecule has 1 heterocycles. The minimum atomic E-state index is -4.85. The van der Waals surface area contributed by atoms with Gasteiger partial charge in [-0.2, -0.15) is 18.3 Å². The molecule has 0 atom stereocenters. The van der Waals surface area contributed by atoms with Crippen molar-refractivity contribution in [2.45, 2.75) is 70.3 Å². The Morgan fingerprint density at radius 2 is 1.49 bits per heavy atom. The Bertz CT molecular complexity index is 1870. The molecule has 10 nitrogen and oxygen atoms in total. The molecule has 0 saturated heterocycles. The Morgan fingerprint density at radius 3 is 2.11 bits per heavy atom. The van der Waals surface area contributed by atoms with Crippen LogP contribution in [-0.2, 0) is 27.5 Å². The average Bonchev–Trinajstić information content (AvgIpc) is 3.41. The molecule has 2 amide bonds. The van der Waals surface area contributed by atoms with E-state index in [0.717, 1.165) is 4.68 Å². The third kappa shape index (κ3) is 9.20. The summed E-state index contributed by atoms with van der Waals surface area (Å²) in [7, 11) is -3.88. The van der Waals surface area contributed by atoms with Crippen molar-refractivity contribution >= 4 is 27.7 Å². The Morgan fingerprint density at radius 1 is 0.872 bits per heavy atom. The number of amides is 2. The molecule has 0 saturated carbocycles. The molecule has 0 aliphatic carbocycles. The summed E-state index contributed by atoms with van der Waals surface area (Å²) in [5.41, 5.74) is -1.45. The van der Waals surface area contributed by atoms with Gasteiger partial charge in [-0.3, -0.25) is 4.79 Å². The Labute approximate surface area is 271 Å². The summed E-state index contributed by atoms with van der Waals surface area (Å²) < 4.78 is 76.3. The number of hydrogen-bond acceptors (Lipinski definition) is 6. The third-order valence-electron chi connectivity index (χ3n) is 6.35. The summed E-state index contributed by atoms with van der Waals surface area (Å²) in [4.78, 5) is 25.7. The zero-order chi connectivity index (χ0) is 34.8. The van der Waals surface area contributed by atoms with Crippen LogP contribution in [0.1, 0.15) is 63.3 Å². The summed E-state index contributed by atoms with van der Waals surface area (Å²) in [6, 6.07) is 19.6. The highest BCUT2D eigenvalue weighted by Gasteiger charge is 2.36. The molecule has 0 radical (unpaired) electrons. The number of para-hydroxylation sites is 1. The number of ether oxygens (including phenoxy) is 1. The molecule has 4 aromatic rings. The first-order chi connectivity index (χ1) is 21.7. The first-order valence-electron chi connectivity index (χ1n) is 14.5. The van der Waals surface area contributed by atoms with E-state index in [0.29, 0.717) is 22.8 Å². The van der Waals surface area contributed by atoms with Crippen molar-refractivity contribution in [2.75, 3.05) is 5.32 Å². The predicted octanol–water partition coefficient (Wildman–Crippen LogP) is 6.91. The number of nitrogens with one attached hydrogen (secondary N) is 3. The largest absolute Gasteiger partial charge is 0.444 e. The van der Waals surface area contributed by atoms with E-state index in [-0.39, 0.29) is 22.8 Å². The van der Waals surface area contributed by atoms with Crippen molar-refractivity contribution in [3.63, 3.8) is 0 Å². The van der Waals surface area contributed by atoms with Gasteiger partial charge in [-0.1, -0.05) is 48.5 Å². The SMILES string of the molecule is CC(C)(C)NS(=O)(=O)c1ccccc1-c1ccc(NC(=O)c2cc(C(F)(F)F)nn2-c2ccccc2CNC(=O)OC(C)(C)C)cc1. The number of hydrogen-bond donors (Lipinski definition) is 3. The van der Waals surface area contributed by atoms with E-state index in [2.05, 4.69) is 20.5 Å². The van der Waals surface area contributed by atoms with Crippen LogP contribution in [0.15, 0.2) is 83.8 Å². The van der Waals surface area contributed by atoms with E-state index < -0.39 is 50.7 Å². The maximum Gasteiger partial charge on any atom is 0.435 e. The number of anilines is 1. The Balaban J connectivity index is 1.63. The number of carbonyl (C=O) groups excluding carboxylic acids is 2. The number of halogens is 3. The van der Waals surface area contributed by atoms with E-state index in [1.807, 2.05) is 0 Å². The molecule has 0 aliphatic rings. The fraction of sp³-hybridized carbons (Fsp3) is 0.303. The van der Waals surface area contributed by atoms with Gasteiger partial charge >= 0.3 is 12.3 Å². The lowest BCUT2D eigenvalue weighted by Gasteiger charge is -2.21. The lowest BCUT2D eigenvalue weighted by Crippen LogP contribution is -2.40. The number of carbonyl (C=O) groups is 2. The number of aromatic nitrogens is 2. The van der Waals surface area contributed by atoms with Crippen LogP contribution >= 0.6 is 0 Å². The highest BCUT2D eigenvalue weighted by molar-refractivity contribution is 7.89. The van der Waals surface area contributed by atoms with Gasteiger partial charge in [0.1, 0.15) is 11.3 Å². The van der Waals surface area contributed by atoms with Gasteiger partial charge in [-0.15, -0.1) is 0 Å². The number of sulfonamides is 1. The van der Waals surface area contributed by atoms with Crippen LogP contribution in [0.4, 0.5) is 23.7 Å². The quantitative estimate of drug-likeness (QED) is 0.187. The molecule has 0 spiro atoms. The van der Waals surface area contributed by atoms with Gasteiger partial charge in [0.25, 0.3) is 5.91 Å². The molecule has 0 bridgehead atoms. The molecule has 250 valence electrons. The molecular weight excluding hydrogens is 635 g/mol. The Hall–Kier alpha value is -4.69. The van der Waals surface area contributed by atoms with Crippen molar-refractivity contribution in [3.05, 3.63) is 95.8 Å². The molecule has 47 heavy (non-hydrogen) atoms. The van der Waals surface area contributed by atoms with Gasteiger partial charge in [0, 0.05) is 29.4 Å². The monoisotopic (exact) mass is 671 g/mol. The van der Waals surface area contributed by atoms with Crippen LogP contribution in [0.25, 0.3) is 16.8 Å². The lowest BCUT2D eigenvalue weighted by molar-refractivity contribution is -0.141. The van der Waals surface area contributed by atoms with Crippen LogP contribution in [0, 0.1) is 0 Å². The molecule has 3 aromatic carbocycles. The van der Waals surface area contributed by atoms with E-state index in [9.17, 15) is 31.2 Å². The zero-order valence-electron chi connectivity index (χ0n) is 26.7. The number of rotatable bonds is 8. The number of benzene rings is 3. The molecule has 0 fully saturated rings. The average molecular weight is 672 g/mol. The highest BCUT2D eigenvalue weighted by Crippen LogP contribution is 2.32. The third-order valence-corrected chi connectivity index (χ3v) is 8.16. The molecule has 0 aliphatic heterocycles. The van der Waals surface area contributed by atoms with Crippen LogP contribution < -0.4 is 15.4 Å². The first kappa shape index (κ1) is 35.2. The maximum absolute atomic E-state index is 13.8.